The lowest BCUT2D eigenvalue weighted by Crippen LogP contribution is -2.34. The van der Waals surface area contributed by atoms with Gasteiger partial charge in [0.05, 0.1) is 6.61 Å². The van der Waals surface area contributed by atoms with Gasteiger partial charge in [-0.2, -0.15) is 0 Å². The maximum Gasteiger partial charge on any atom is 0.367 e. The molecule has 1 aromatic rings. The average molecular weight is 297 g/mol. The van der Waals surface area contributed by atoms with Gasteiger partial charge in [0.15, 0.2) is 0 Å². The third-order valence-corrected chi connectivity index (χ3v) is 4.18. The van der Waals surface area contributed by atoms with Gasteiger partial charge >= 0.3 is 5.97 Å². The SMILES string of the molecule is CCOC(=O)c1nc(C(=O)N2CCC(N(C)C)C2)cs1. The standard InChI is InChI=1S/C13H19N3O3S/c1-4-19-13(18)11-14-10(8-20-11)12(17)16-6-5-9(7-16)15(2)3/h8-9H,4-7H2,1-3H3. The van der Waals surface area contributed by atoms with Crippen LogP contribution in [0.3, 0.4) is 0 Å². The number of ether oxygens (including phenoxy) is 1. The van der Waals surface area contributed by atoms with E-state index >= 15 is 0 Å². The minimum atomic E-state index is -0.468. The molecule has 1 aliphatic heterocycles. The molecule has 0 aromatic carbocycles. The second-order valence-electron chi connectivity index (χ2n) is 4.92. The molecule has 2 rings (SSSR count). The Hall–Kier alpha value is -1.47. The summed E-state index contributed by atoms with van der Waals surface area (Å²) in [4.78, 5) is 31.8. The summed E-state index contributed by atoms with van der Waals surface area (Å²) in [7, 11) is 4.03. The van der Waals surface area contributed by atoms with Crippen LogP contribution >= 0.6 is 11.3 Å². The van der Waals surface area contributed by atoms with Gasteiger partial charge in [-0.1, -0.05) is 0 Å². The fraction of sp³-hybridized carbons (Fsp3) is 0.615. The van der Waals surface area contributed by atoms with Crippen molar-refractivity contribution in [3.8, 4) is 0 Å². The van der Waals surface area contributed by atoms with Crippen LogP contribution in [0.4, 0.5) is 0 Å². The quantitative estimate of drug-likeness (QED) is 0.779. The van der Waals surface area contributed by atoms with E-state index in [1.807, 2.05) is 14.1 Å². The van der Waals surface area contributed by atoms with E-state index < -0.39 is 5.97 Å². The molecule has 0 bridgehead atoms. The predicted octanol–water partition coefficient (Wildman–Crippen LogP) is 1.10. The van der Waals surface area contributed by atoms with Gasteiger partial charge in [-0.15, -0.1) is 11.3 Å². The fourth-order valence-corrected chi connectivity index (χ4v) is 2.85. The van der Waals surface area contributed by atoms with Crippen molar-refractivity contribution in [1.82, 2.24) is 14.8 Å². The molecular formula is C13H19N3O3S. The summed E-state index contributed by atoms with van der Waals surface area (Å²) < 4.78 is 4.87. The molecule has 20 heavy (non-hydrogen) atoms. The number of hydrogen-bond donors (Lipinski definition) is 0. The Bertz CT molecular complexity index is 501. The van der Waals surface area contributed by atoms with Crippen molar-refractivity contribution in [2.24, 2.45) is 0 Å². The number of likely N-dealkylation sites (N-methyl/N-ethyl adjacent to an activating group) is 1. The van der Waals surface area contributed by atoms with Crippen molar-refractivity contribution >= 4 is 23.2 Å². The summed E-state index contributed by atoms with van der Waals surface area (Å²) in [6.07, 6.45) is 0.966. The predicted molar refractivity (Wildman–Crippen MR) is 76.1 cm³/mol. The highest BCUT2D eigenvalue weighted by molar-refractivity contribution is 7.11. The topological polar surface area (TPSA) is 62.7 Å². The molecule has 0 aliphatic carbocycles. The summed E-state index contributed by atoms with van der Waals surface area (Å²) in [5.41, 5.74) is 0.331. The van der Waals surface area contributed by atoms with Gasteiger partial charge in [-0.3, -0.25) is 4.79 Å². The first-order chi connectivity index (χ1) is 9.52. The lowest BCUT2D eigenvalue weighted by atomic mass is 10.2. The molecule has 110 valence electrons. The Morgan fingerprint density at radius 2 is 2.30 bits per heavy atom. The number of thiazole rings is 1. The van der Waals surface area contributed by atoms with E-state index in [4.69, 9.17) is 4.74 Å². The van der Waals surface area contributed by atoms with Gasteiger partial charge in [-0.25, -0.2) is 9.78 Å². The van der Waals surface area contributed by atoms with Crippen molar-refractivity contribution in [1.29, 1.82) is 0 Å². The van der Waals surface area contributed by atoms with Gasteiger partial charge in [0, 0.05) is 24.5 Å². The first kappa shape index (κ1) is 14.9. The smallest absolute Gasteiger partial charge is 0.367 e. The molecule has 0 saturated carbocycles. The molecule has 1 fully saturated rings. The minimum Gasteiger partial charge on any atom is -0.461 e. The number of nitrogens with zero attached hydrogens (tertiary/aromatic N) is 3. The lowest BCUT2D eigenvalue weighted by Gasteiger charge is -2.19. The number of aromatic nitrogens is 1. The van der Waals surface area contributed by atoms with E-state index in [9.17, 15) is 9.59 Å². The Morgan fingerprint density at radius 3 is 2.90 bits per heavy atom. The summed E-state index contributed by atoms with van der Waals surface area (Å²) in [6, 6.07) is 0.391. The van der Waals surface area contributed by atoms with Crippen LogP contribution in [0, 0.1) is 0 Å². The van der Waals surface area contributed by atoms with Gasteiger partial charge in [0.2, 0.25) is 5.01 Å². The summed E-state index contributed by atoms with van der Waals surface area (Å²) >= 11 is 1.15. The highest BCUT2D eigenvalue weighted by Gasteiger charge is 2.29. The zero-order valence-corrected chi connectivity index (χ0v) is 12.8. The van der Waals surface area contributed by atoms with Gasteiger partial charge in [-0.05, 0) is 27.4 Å². The number of hydrogen-bond acceptors (Lipinski definition) is 6. The van der Waals surface area contributed by atoms with Gasteiger partial charge in [0.1, 0.15) is 5.69 Å². The van der Waals surface area contributed by atoms with Crippen LogP contribution in [-0.2, 0) is 4.74 Å². The van der Waals surface area contributed by atoms with Crippen LogP contribution in [0.1, 0.15) is 33.6 Å². The molecule has 7 heteroatoms. The lowest BCUT2D eigenvalue weighted by molar-refractivity contribution is 0.0526. The van der Waals surface area contributed by atoms with Crippen LogP contribution in [0.15, 0.2) is 5.38 Å². The minimum absolute atomic E-state index is 0.110. The Kier molecular flexibility index (Phi) is 4.72. The molecule has 0 spiro atoms. The Labute approximate surface area is 122 Å². The molecular weight excluding hydrogens is 278 g/mol. The molecule has 2 heterocycles. The first-order valence-corrected chi connectivity index (χ1v) is 7.49. The van der Waals surface area contributed by atoms with E-state index in [0.29, 0.717) is 24.9 Å². The molecule has 1 amide bonds. The molecule has 0 N–H and O–H groups in total. The molecule has 6 nitrogen and oxygen atoms in total. The van der Waals surface area contributed by atoms with Crippen molar-refractivity contribution in [2.75, 3.05) is 33.8 Å². The summed E-state index contributed by atoms with van der Waals surface area (Å²) in [6.45, 7) is 3.48. The zero-order valence-electron chi connectivity index (χ0n) is 12.0. The average Bonchev–Trinajstić information content (AvgIpc) is 3.08. The van der Waals surface area contributed by atoms with Crippen molar-refractivity contribution < 1.29 is 14.3 Å². The third kappa shape index (κ3) is 3.16. The molecule has 1 saturated heterocycles. The molecule has 1 atom stereocenters. The van der Waals surface area contributed by atoms with Gasteiger partial charge in [0.25, 0.3) is 5.91 Å². The largest absolute Gasteiger partial charge is 0.461 e. The summed E-state index contributed by atoms with van der Waals surface area (Å²) in [5, 5.41) is 1.86. The number of likely N-dealkylation sites (tertiary alicyclic amines) is 1. The van der Waals surface area contributed by atoms with E-state index in [2.05, 4.69) is 9.88 Å². The maximum atomic E-state index is 12.3. The number of esters is 1. The highest BCUT2D eigenvalue weighted by atomic mass is 32.1. The van der Waals surface area contributed by atoms with Crippen molar-refractivity contribution in [3.63, 3.8) is 0 Å². The van der Waals surface area contributed by atoms with Crippen LogP contribution < -0.4 is 0 Å². The normalized spacial score (nSPS) is 18.6. The van der Waals surface area contributed by atoms with Crippen LogP contribution in [-0.4, -0.2) is 66.5 Å². The monoisotopic (exact) mass is 297 g/mol. The highest BCUT2D eigenvalue weighted by Crippen LogP contribution is 2.18. The summed E-state index contributed by atoms with van der Waals surface area (Å²) in [5.74, 6) is -0.578. The number of amides is 1. The van der Waals surface area contributed by atoms with Crippen LogP contribution in [0.2, 0.25) is 0 Å². The molecule has 1 aliphatic rings. The maximum absolute atomic E-state index is 12.3. The van der Waals surface area contributed by atoms with E-state index in [-0.39, 0.29) is 10.9 Å². The van der Waals surface area contributed by atoms with Crippen molar-refractivity contribution in [2.45, 2.75) is 19.4 Å². The van der Waals surface area contributed by atoms with Crippen LogP contribution in [0.25, 0.3) is 0 Å². The number of carbonyl (C=O) groups excluding carboxylic acids is 2. The molecule has 1 aromatic heterocycles. The Balaban J connectivity index is 2.02. The second-order valence-corrected chi connectivity index (χ2v) is 5.77. The third-order valence-electron chi connectivity index (χ3n) is 3.35. The number of rotatable bonds is 4. The molecule has 1 unspecified atom stereocenters. The first-order valence-electron chi connectivity index (χ1n) is 6.61. The fourth-order valence-electron chi connectivity index (χ4n) is 2.17. The molecule has 0 radical (unpaired) electrons. The van der Waals surface area contributed by atoms with Gasteiger partial charge < -0.3 is 14.5 Å². The van der Waals surface area contributed by atoms with Crippen molar-refractivity contribution in [3.05, 3.63) is 16.1 Å². The van der Waals surface area contributed by atoms with E-state index in [1.54, 1.807) is 17.2 Å². The number of carbonyl (C=O) groups is 2. The van der Waals surface area contributed by atoms with Crippen LogP contribution in [0.5, 0.6) is 0 Å². The zero-order chi connectivity index (χ0) is 14.7. The Morgan fingerprint density at radius 1 is 1.55 bits per heavy atom. The second kappa shape index (κ2) is 6.32. The van der Waals surface area contributed by atoms with E-state index in [0.717, 1.165) is 24.3 Å². The van der Waals surface area contributed by atoms with E-state index in [1.165, 1.54) is 0 Å².